The van der Waals surface area contributed by atoms with Crippen LogP contribution in [0.2, 0.25) is 5.02 Å². The van der Waals surface area contributed by atoms with Crippen LogP contribution in [0.15, 0.2) is 76.5 Å². The van der Waals surface area contributed by atoms with Gasteiger partial charge in [0, 0.05) is 16.1 Å². The zero-order chi connectivity index (χ0) is 20.9. The Balaban J connectivity index is 1.59. The van der Waals surface area contributed by atoms with Crippen LogP contribution in [0.25, 0.3) is 11.4 Å². The Bertz CT molecular complexity index is 1140. The summed E-state index contributed by atoms with van der Waals surface area (Å²) in [5.41, 5.74) is 1.47. The van der Waals surface area contributed by atoms with Crippen LogP contribution in [0.3, 0.4) is 0 Å². The fourth-order valence-corrected chi connectivity index (χ4v) is 3.88. The molecular formula is C22H18ClN3O3S. The first-order valence-corrected chi connectivity index (χ1v) is 10.5. The first kappa shape index (κ1) is 20.3. The highest BCUT2D eigenvalue weighted by Crippen LogP contribution is 2.27. The number of hydrogen-bond donors (Lipinski definition) is 0. The Hall–Kier alpha value is -3.03. The summed E-state index contributed by atoms with van der Waals surface area (Å²) in [5.74, 6) is 2.31. The van der Waals surface area contributed by atoms with Crippen LogP contribution >= 0.6 is 23.4 Å². The van der Waals surface area contributed by atoms with E-state index in [9.17, 15) is 4.79 Å². The van der Waals surface area contributed by atoms with Gasteiger partial charge in [0.25, 0.3) is 0 Å². The average Bonchev–Trinajstić information content (AvgIpc) is 3.43. The molecule has 4 aromatic rings. The van der Waals surface area contributed by atoms with Crippen LogP contribution in [-0.4, -0.2) is 33.4 Å². The molecule has 0 aliphatic heterocycles. The van der Waals surface area contributed by atoms with Gasteiger partial charge in [0.2, 0.25) is 0 Å². The lowest BCUT2D eigenvalue weighted by atomic mass is 10.1. The van der Waals surface area contributed by atoms with E-state index in [4.69, 9.17) is 20.8 Å². The highest BCUT2D eigenvalue weighted by Gasteiger charge is 2.17. The molecule has 0 saturated heterocycles. The maximum atomic E-state index is 12.7. The zero-order valence-electron chi connectivity index (χ0n) is 16.1. The Morgan fingerprint density at radius 1 is 1.13 bits per heavy atom. The molecule has 2 aromatic carbocycles. The third-order valence-corrected chi connectivity index (χ3v) is 5.66. The van der Waals surface area contributed by atoms with Crippen LogP contribution in [0.5, 0.6) is 5.75 Å². The van der Waals surface area contributed by atoms with E-state index < -0.39 is 0 Å². The summed E-state index contributed by atoms with van der Waals surface area (Å²) < 4.78 is 12.6. The standard InChI is InChI=1S/C22H18ClN3O3S/c1-28-18-5-2-4-16(12-18)20(27)14-30-22-25-24-21(15-7-9-17(23)10-8-15)26(22)13-19-6-3-11-29-19/h2-12H,13-14H2,1H3. The SMILES string of the molecule is COc1cccc(C(=O)CSc2nnc(-c3ccc(Cl)cc3)n2Cc2ccco2)c1. The first-order chi connectivity index (χ1) is 14.6. The lowest BCUT2D eigenvalue weighted by Gasteiger charge is -2.09. The molecule has 0 aliphatic rings. The normalized spacial score (nSPS) is 10.9. The molecule has 4 rings (SSSR count). The van der Waals surface area contributed by atoms with Crippen molar-refractivity contribution in [1.82, 2.24) is 14.8 Å². The quantitative estimate of drug-likeness (QED) is 0.277. The largest absolute Gasteiger partial charge is 0.497 e. The second kappa shape index (κ2) is 9.19. The number of ether oxygens (including phenoxy) is 1. The van der Waals surface area contributed by atoms with Gasteiger partial charge in [0.1, 0.15) is 11.5 Å². The molecular weight excluding hydrogens is 422 g/mol. The third-order valence-electron chi connectivity index (χ3n) is 4.44. The van der Waals surface area contributed by atoms with Gasteiger partial charge in [0.15, 0.2) is 16.8 Å². The van der Waals surface area contributed by atoms with Crippen molar-refractivity contribution in [2.75, 3.05) is 12.9 Å². The van der Waals surface area contributed by atoms with E-state index in [0.29, 0.717) is 33.9 Å². The zero-order valence-corrected chi connectivity index (χ0v) is 17.7. The summed E-state index contributed by atoms with van der Waals surface area (Å²) in [6.45, 7) is 0.452. The fraction of sp³-hybridized carbons (Fsp3) is 0.136. The number of aromatic nitrogens is 3. The Kier molecular flexibility index (Phi) is 6.21. The number of carbonyl (C=O) groups is 1. The van der Waals surface area contributed by atoms with Crippen molar-refractivity contribution >= 4 is 29.1 Å². The summed E-state index contributed by atoms with van der Waals surface area (Å²) in [7, 11) is 1.58. The molecule has 2 heterocycles. The van der Waals surface area contributed by atoms with Gasteiger partial charge in [-0.2, -0.15) is 0 Å². The molecule has 0 fully saturated rings. The number of halogens is 1. The molecule has 0 unspecified atom stereocenters. The molecule has 6 nitrogen and oxygen atoms in total. The van der Waals surface area contributed by atoms with Gasteiger partial charge in [-0.3, -0.25) is 9.36 Å². The molecule has 0 spiro atoms. The minimum Gasteiger partial charge on any atom is -0.497 e. The number of furan rings is 1. The van der Waals surface area contributed by atoms with Crippen LogP contribution in [-0.2, 0) is 6.54 Å². The number of ketones is 1. The van der Waals surface area contributed by atoms with E-state index >= 15 is 0 Å². The highest BCUT2D eigenvalue weighted by molar-refractivity contribution is 7.99. The number of rotatable bonds is 8. The van der Waals surface area contributed by atoms with Crippen LogP contribution in [0.1, 0.15) is 16.1 Å². The molecule has 0 amide bonds. The molecule has 0 atom stereocenters. The van der Waals surface area contributed by atoms with Gasteiger partial charge in [0.05, 0.1) is 25.7 Å². The topological polar surface area (TPSA) is 70.2 Å². The summed E-state index contributed by atoms with van der Waals surface area (Å²) in [6.07, 6.45) is 1.63. The van der Waals surface area contributed by atoms with E-state index in [0.717, 1.165) is 11.3 Å². The van der Waals surface area contributed by atoms with Crippen molar-refractivity contribution in [2.24, 2.45) is 0 Å². The predicted molar refractivity (Wildman–Crippen MR) is 116 cm³/mol. The first-order valence-electron chi connectivity index (χ1n) is 9.15. The van der Waals surface area contributed by atoms with Gasteiger partial charge in [-0.05, 0) is 48.5 Å². The lowest BCUT2D eigenvalue weighted by molar-refractivity contribution is 0.102. The van der Waals surface area contributed by atoms with Gasteiger partial charge in [-0.15, -0.1) is 10.2 Å². The van der Waals surface area contributed by atoms with Crippen molar-refractivity contribution in [3.63, 3.8) is 0 Å². The van der Waals surface area contributed by atoms with Gasteiger partial charge in [-0.25, -0.2) is 0 Å². The number of Topliss-reactive ketones (excluding diaryl/α,β-unsaturated/α-hetero) is 1. The molecule has 8 heteroatoms. The number of nitrogens with zero attached hydrogens (tertiary/aromatic N) is 3. The van der Waals surface area contributed by atoms with E-state index in [-0.39, 0.29) is 11.5 Å². The van der Waals surface area contributed by atoms with Crippen molar-refractivity contribution < 1.29 is 13.9 Å². The van der Waals surface area contributed by atoms with Gasteiger partial charge < -0.3 is 9.15 Å². The number of hydrogen-bond acceptors (Lipinski definition) is 6. The summed E-state index contributed by atoms with van der Waals surface area (Å²) in [6, 6.07) is 18.2. The maximum Gasteiger partial charge on any atom is 0.192 e. The number of benzene rings is 2. The molecule has 0 N–H and O–H groups in total. The number of methoxy groups -OCH3 is 1. The van der Waals surface area contributed by atoms with Crippen LogP contribution < -0.4 is 4.74 Å². The minimum absolute atomic E-state index is 0.0144. The van der Waals surface area contributed by atoms with Crippen LogP contribution in [0.4, 0.5) is 0 Å². The molecule has 152 valence electrons. The van der Waals surface area contributed by atoms with Crippen molar-refractivity contribution in [3.8, 4) is 17.1 Å². The van der Waals surface area contributed by atoms with E-state index in [2.05, 4.69) is 10.2 Å². The van der Waals surface area contributed by atoms with E-state index in [1.165, 1.54) is 11.8 Å². The summed E-state index contributed by atoms with van der Waals surface area (Å²) in [5, 5.41) is 9.95. The molecule has 0 saturated carbocycles. The molecule has 30 heavy (non-hydrogen) atoms. The van der Waals surface area contributed by atoms with Crippen molar-refractivity contribution in [1.29, 1.82) is 0 Å². The van der Waals surface area contributed by atoms with Gasteiger partial charge >= 0.3 is 0 Å². The molecule has 0 bridgehead atoms. The van der Waals surface area contributed by atoms with Crippen molar-refractivity contribution in [3.05, 3.63) is 83.3 Å². The minimum atomic E-state index is -0.0144. The molecule has 0 radical (unpaired) electrons. The fourth-order valence-electron chi connectivity index (χ4n) is 2.92. The molecule has 2 aromatic heterocycles. The lowest BCUT2D eigenvalue weighted by Crippen LogP contribution is -2.07. The Morgan fingerprint density at radius 2 is 1.97 bits per heavy atom. The van der Waals surface area contributed by atoms with Crippen molar-refractivity contribution in [2.45, 2.75) is 11.7 Å². The third kappa shape index (κ3) is 4.58. The Labute approximate surface area is 182 Å². The highest BCUT2D eigenvalue weighted by atomic mass is 35.5. The maximum absolute atomic E-state index is 12.7. The summed E-state index contributed by atoms with van der Waals surface area (Å²) >= 11 is 7.35. The summed E-state index contributed by atoms with van der Waals surface area (Å²) in [4.78, 5) is 12.7. The smallest absolute Gasteiger partial charge is 0.192 e. The second-order valence-electron chi connectivity index (χ2n) is 6.42. The second-order valence-corrected chi connectivity index (χ2v) is 7.80. The number of carbonyl (C=O) groups excluding carboxylic acids is 1. The van der Waals surface area contributed by atoms with E-state index in [1.807, 2.05) is 47.0 Å². The Morgan fingerprint density at radius 3 is 2.70 bits per heavy atom. The van der Waals surface area contributed by atoms with Crippen LogP contribution in [0, 0.1) is 0 Å². The average molecular weight is 440 g/mol. The van der Waals surface area contributed by atoms with E-state index in [1.54, 1.807) is 31.6 Å². The predicted octanol–water partition coefficient (Wildman–Crippen LogP) is 5.22. The number of thioether (sulfide) groups is 1. The monoisotopic (exact) mass is 439 g/mol. The van der Waals surface area contributed by atoms with Gasteiger partial charge in [-0.1, -0.05) is 35.5 Å². The molecule has 0 aliphatic carbocycles.